The van der Waals surface area contributed by atoms with Crippen molar-refractivity contribution in [3.8, 4) is 45.6 Å². The van der Waals surface area contributed by atoms with Crippen molar-refractivity contribution in [1.82, 2.24) is 39.9 Å². The molecule has 2 aliphatic rings. The van der Waals surface area contributed by atoms with E-state index in [1.54, 1.807) is 0 Å². The summed E-state index contributed by atoms with van der Waals surface area (Å²) in [5.74, 6) is -6.84. The first-order valence-electron chi connectivity index (χ1n) is 26.4. The molecule has 4 N–H and O–H groups in total. The van der Waals surface area contributed by atoms with Gasteiger partial charge in [-0.15, -0.1) is 0 Å². The van der Waals surface area contributed by atoms with Crippen molar-refractivity contribution in [2.24, 2.45) is 0 Å². The van der Waals surface area contributed by atoms with E-state index in [0.29, 0.717) is 0 Å². The van der Waals surface area contributed by atoms with Crippen LogP contribution in [0.2, 0.25) is 0 Å². The van der Waals surface area contributed by atoms with E-state index in [-0.39, 0.29) is 241 Å². The second-order valence-electron chi connectivity index (χ2n) is 20.2. The molecular formula is C60H32Al4CuN12O16S4+8. The molecular weight excluding hydrogens is 1440 g/mol. The maximum atomic E-state index is 14.1. The standard InChI is InChI=1S/C60H38N12O16S4.4Al.Cu/c73-57(74)29-1-9-33(10-2-29)69-89(81,82)37-17-21-41-45(25-37)53-61-49(41)66-54-47-27-39(91(85,86)71-35-13-5-31(6-14-35)59(77)78)19-23-43(47)51(63-54)68-56-48-28-40(92(87,88)72-36-15-7-32(8-16-36)60(79)80)20-24-44(48)52(64-56)67-55-46-26-38(18-22-42(46)50(62-55)65-53)90(83,84)70-34-11-3-30(4-12-34)58(75)76;;;;;/h1-28,69-72H,(H6,61,62,63,64,65,66,67,68,73,74,75,76,77,78,79,80);;;;;/q;4*+3;+2/p-6. The summed E-state index contributed by atoms with van der Waals surface area (Å²) in [5.41, 5.74) is -1.54. The molecule has 0 unspecified atom stereocenters. The number of benzene rings is 8. The van der Waals surface area contributed by atoms with Gasteiger partial charge in [-0.25, -0.2) is 43.6 Å². The predicted molar refractivity (Wildman–Crippen MR) is 343 cm³/mol. The van der Waals surface area contributed by atoms with E-state index < -0.39 is 64.0 Å². The number of rotatable bonds is 16. The third-order valence-corrected chi connectivity index (χ3v) is 19.8. The summed E-state index contributed by atoms with van der Waals surface area (Å²) in [7, 11) is -18.1. The number of hydrogen-bond acceptors (Lipinski definition) is 22. The van der Waals surface area contributed by atoms with Crippen LogP contribution in [0.25, 0.3) is 89.7 Å². The van der Waals surface area contributed by atoms with E-state index in [0.717, 1.165) is 48.5 Å². The average Bonchev–Trinajstić information content (AvgIpc) is 1.61. The Kier molecular flexibility index (Phi) is 21.2. The molecule has 0 saturated heterocycles. The number of carbonyl (C=O) groups is 4. The number of aromatic nitrogens is 8. The largest absolute Gasteiger partial charge is 3.00 e. The molecule has 5 heterocycles. The first kappa shape index (κ1) is 73.5. The zero-order valence-corrected chi connectivity index (χ0v) is 57.3. The molecule has 467 valence electrons. The van der Waals surface area contributed by atoms with Crippen molar-refractivity contribution < 1.29 is 90.3 Å². The normalized spacial score (nSPS) is 11.5. The molecule has 3 aromatic heterocycles. The molecule has 0 atom stereocenters. The number of aromatic carboxylic acids is 4. The molecule has 28 nitrogen and oxygen atoms in total. The van der Waals surface area contributed by atoms with E-state index in [4.69, 9.17) is 39.9 Å². The number of anilines is 4. The van der Waals surface area contributed by atoms with E-state index in [1.165, 1.54) is 121 Å². The average molecular weight is 1480 g/mol. The number of sulfonamides is 4. The van der Waals surface area contributed by atoms with Crippen LogP contribution in [0.15, 0.2) is 189 Å². The Balaban J connectivity index is 0.00000240. The Morgan fingerprint density at radius 2 is 0.515 bits per heavy atom. The van der Waals surface area contributed by atoms with Crippen molar-refractivity contribution in [3.63, 3.8) is 0 Å². The fraction of sp³-hybridized carbons (Fsp3) is 0. The molecule has 0 amide bonds. The summed E-state index contributed by atoms with van der Waals surface area (Å²) in [5, 5.41) is 46.1. The number of carbonyl (C=O) groups excluding carboxylic acids is 4. The summed E-state index contributed by atoms with van der Waals surface area (Å²) in [4.78, 5) is 82.7. The molecule has 0 fully saturated rings. The van der Waals surface area contributed by atoms with Gasteiger partial charge in [-0.05, 0) is 141 Å². The van der Waals surface area contributed by atoms with E-state index >= 15 is 0 Å². The first-order chi connectivity index (χ1) is 43.7. The fourth-order valence-electron chi connectivity index (χ4n) is 9.80. The molecule has 0 spiro atoms. The van der Waals surface area contributed by atoms with Gasteiger partial charge >= 0.3 is 86.5 Å². The maximum absolute atomic E-state index is 14.1. The molecule has 37 heteroatoms. The fourth-order valence-corrected chi connectivity index (χ4v) is 14.1. The minimum atomic E-state index is -4.51. The first-order valence-corrected chi connectivity index (χ1v) is 32.3. The van der Waals surface area contributed by atoms with Gasteiger partial charge in [0.1, 0.15) is 0 Å². The summed E-state index contributed by atoms with van der Waals surface area (Å²) in [6, 6.07) is 33.8. The SMILES string of the molecule is O=C([O-])c1ccc(NS(=O)(=O)c2ccc3c(c2)-c2nc-3nc3[n-]c(nc4nc(nc5[n-]c(n2)c2ccc(S(=O)(=O)Nc6ccc(C(=O)[O-])cc6)cc52)-c2ccc(S(=O)(=O)Nc5ccc(C(=O)[O-])cc5)cc2-4)c2ccc(S(=O)(=O)Nc4ccc(C(=O)[O-])cc4)cc32)cc1.[Al+3].[Al+3].[Al+3].[Al+3].[Cu+2]. The van der Waals surface area contributed by atoms with Gasteiger partial charge in [0, 0.05) is 67.6 Å². The summed E-state index contributed by atoms with van der Waals surface area (Å²) >= 11 is 0. The van der Waals surface area contributed by atoms with Crippen molar-refractivity contribution in [1.29, 1.82) is 0 Å². The molecule has 13 rings (SSSR count). The molecule has 8 bridgehead atoms. The van der Waals surface area contributed by atoms with Crippen LogP contribution in [0.4, 0.5) is 22.7 Å². The molecule has 0 aliphatic carbocycles. The van der Waals surface area contributed by atoms with Gasteiger partial charge in [0.05, 0.1) is 66.8 Å². The van der Waals surface area contributed by atoms with Crippen LogP contribution in [0.5, 0.6) is 0 Å². The molecule has 97 heavy (non-hydrogen) atoms. The van der Waals surface area contributed by atoms with Crippen LogP contribution in [0.3, 0.4) is 0 Å². The summed E-state index contributed by atoms with van der Waals surface area (Å²) in [6.07, 6.45) is 0. The van der Waals surface area contributed by atoms with Gasteiger partial charge in [0.2, 0.25) is 0 Å². The van der Waals surface area contributed by atoms with E-state index in [9.17, 15) is 73.3 Å². The van der Waals surface area contributed by atoms with Crippen LogP contribution in [-0.4, -0.2) is 157 Å². The van der Waals surface area contributed by atoms with Crippen LogP contribution >= 0.6 is 0 Å². The Hall–Kier alpha value is -9.35. The summed E-state index contributed by atoms with van der Waals surface area (Å²) in [6.45, 7) is 0. The molecule has 1 radical (unpaired) electrons. The van der Waals surface area contributed by atoms with Crippen molar-refractivity contribution >= 4 is 200 Å². The minimum Gasteiger partial charge on any atom is -0.545 e. The number of carboxylic acid groups (broad SMARTS) is 4. The second kappa shape index (κ2) is 28.0. The number of hydrogen-bond donors (Lipinski definition) is 4. The molecule has 0 saturated carbocycles. The van der Waals surface area contributed by atoms with Crippen molar-refractivity contribution in [2.75, 3.05) is 18.9 Å². The number of nitrogens with one attached hydrogen (secondary N) is 4. The predicted octanol–water partition coefficient (Wildman–Crippen LogP) is 1.26. The molecule has 8 aromatic carbocycles. The molecule has 11 aromatic rings. The Labute approximate surface area is 601 Å². The number of nitrogens with zero attached hydrogens (tertiary/aromatic N) is 8. The van der Waals surface area contributed by atoms with E-state index in [2.05, 4.69) is 18.9 Å². The Bertz CT molecular complexity index is 5400. The monoisotopic (exact) mass is 1470 g/mol. The van der Waals surface area contributed by atoms with E-state index in [1.807, 2.05) is 0 Å². The van der Waals surface area contributed by atoms with Crippen LogP contribution in [-0.2, 0) is 57.2 Å². The van der Waals surface area contributed by atoms with Crippen LogP contribution in [0, 0.1) is 0 Å². The topological polar surface area (TPSA) is 451 Å². The Morgan fingerprint density at radius 1 is 0.289 bits per heavy atom. The van der Waals surface area contributed by atoms with Gasteiger partial charge < -0.3 is 69.5 Å². The smallest absolute Gasteiger partial charge is 0.545 e. The quantitative estimate of drug-likeness (QED) is 0.0989. The van der Waals surface area contributed by atoms with Gasteiger partial charge in [0.15, 0.2) is 0 Å². The van der Waals surface area contributed by atoms with Gasteiger partial charge in [-0.2, -0.15) is 0 Å². The molecule has 2 aliphatic heterocycles. The number of fused-ring (bicyclic) bond motifs is 20. The zero-order valence-electron chi connectivity index (χ0n) is 48.5. The number of carboxylic acids is 4. The van der Waals surface area contributed by atoms with Crippen LogP contribution in [0.1, 0.15) is 41.4 Å². The minimum absolute atomic E-state index is 0. The van der Waals surface area contributed by atoms with Gasteiger partial charge in [-0.3, -0.25) is 18.9 Å². The maximum Gasteiger partial charge on any atom is 3.00 e. The van der Waals surface area contributed by atoms with Gasteiger partial charge in [-0.1, -0.05) is 72.8 Å². The summed E-state index contributed by atoms with van der Waals surface area (Å²) < 4.78 is 123. The second-order valence-corrected chi connectivity index (χ2v) is 26.9. The Morgan fingerprint density at radius 3 is 0.773 bits per heavy atom. The van der Waals surface area contributed by atoms with Crippen molar-refractivity contribution in [2.45, 2.75) is 19.6 Å². The van der Waals surface area contributed by atoms with Crippen molar-refractivity contribution in [3.05, 3.63) is 192 Å². The third kappa shape index (κ3) is 14.5. The van der Waals surface area contributed by atoms with Gasteiger partial charge in [0.25, 0.3) is 40.1 Å². The zero-order chi connectivity index (χ0) is 64.8. The van der Waals surface area contributed by atoms with Crippen LogP contribution < -0.4 is 49.3 Å². The third-order valence-electron chi connectivity index (χ3n) is 14.3.